The van der Waals surface area contributed by atoms with E-state index in [4.69, 9.17) is 9.29 Å². The molecule has 0 saturated heterocycles. The fourth-order valence-electron chi connectivity index (χ4n) is 3.65. The van der Waals surface area contributed by atoms with E-state index in [1.165, 1.54) is 115 Å². The van der Waals surface area contributed by atoms with E-state index in [9.17, 15) is 13.2 Å². The summed E-state index contributed by atoms with van der Waals surface area (Å²) in [6.45, 7) is 1.85. The van der Waals surface area contributed by atoms with Crippen molar-refractivity contribution >= 4 is 16.4 Å². The van der Waals surface area contributed by atoms with Crippen LogP contribution in [0, 0.1) is 0 Å². The Balaban J connectivity index is 3.21. The maximum atomic E-state index is 11.3. The molecule has 0 aliphatic heterocycles. The molecule has 190 valence electrons. The minimum Gasteiger partial charge on any atom is -0.435 e. The summed E-state index contributed by atoms with van der Waals surface area (Å²) in [7, 11) is -4.50. The summed E-state index contributed by atoms with van der Waals surface area (Å²) in [5.74, 6) is -0.595. The van der Waals surface area contributed by atoms with Gasteiger partial charge in [-0.1, -0.05) is 116 Å². The van der Waals surface area contributed by atoms with Crippen LogP contribution in [0.5, 0.6) is 0 Å². The van der Waals surface area contributed by atoms with Crippen LogP contribution < -0.4 is 0 Å². The Labute approximate surface area is 197 Å². The number of hydrogen-bond donors (Lipinski definition) is 1. The molecule has 1 N–H and O–H groups in total. The second-order valence-electron chi connectivity index (χ2n) is 8.66. The maximum Gasteiger partial charge on any atom is 0.397 e. The normalized spacial score (nSPS) is 11.9. The van der Waals surface area contributed by atoms with Crippen LogP contribution in [-0.2, 0) is 24.1 Å². The molecule has 6 nitrogen and oxygen atoms in total. The molecule has 0 atom stereocenters. The highest BCUT2D eigenvalue weighted by Crippen LogP contribution is 2.14. The van der Waals surface area contributed by atoms with Crippen molar-refractivity contribution in [1.82, 2.24) is 0 Å². The number of hydrogen-bond acceptors (Lipinski definition) is 5. The molecule has 0 aliphatic rings. The maximum absolute atomic E-state index is 11.3. The number of unbranched alkanes of at least 4 members (excludes halogenated alkanes) is 18. The quantitative estimate of drug-likeness (QED) is 0.0664. The fraction of sp³-hybridized carbons (Fsp3) is 0.880. The van der Waals surface area contributed by atoms with Crippen molar-refractivity contribution in [2.75, 3.05) is 6.61 Å². The molecule has 0 bridgehead atoms. The summed E-state index contributed by atoms with van der Waals surface area (Å²) in [5.41, 5.74) is 0. The van der Waals surface area contributed by atoms with Gasteiger partial charge >= 0.3 is 16.4 Å². The lowest BCUT2D eigenvalue weighted by Gasteiger charge is -2.03. The summed E-state index contributed by atoms with van der Waals surface area (Å²) in [6.07, 6.45) is 28.1. The van der Waals surface area contributed by atoms with Gasteiger partial charge in [-0.2, -0.15) is 8.42 Å². The molecule has 0 aliphatic carbocycles. The van der Waals surface area contributed by atoms with E-state index in [1.807, 2.05) is 0 Å². The summed E-state index contributed by atoms with van der Waals surface area (Å²) in [6, 6.07) is 0. The number of rotatable bonds is 24. The second-order valence-corrected chi connectivity index (χ2v) is 9.75. The van der Waals surface area contributed by atoms with Crippen molar-refractivity contribution in [3.8, 4) is 0 Å². The average Bonchev–Trinajstić information content (AvgIpc) is 2.74. The van der Waals surface area contributed by atoms with Crippen LogP contribution in [0.3, 0.4) is 0 Å². The summed E-state index contributed by atoms with van der Waals surface area (Å²) < 4.78 is 37.9. The standard InChI is InChI=1S/C25H48O6S/c1-2-3-4-5-6-7-8-9-10-11-12-13-14-15-16-17-18-19-20-21-23-30-25(26)22-24-31-32(27,28)29/h21,23H,2-20,22,24H2,1H3,(H,27,28,29). The van der Waals surface area contributed by atoms with Crippen LogP contribution in [-0.4, -0.2) is 25.5 Å². The van der Waals surface area contributed by atoms with Crippen LogP contribution in [0.2, 0.25) is 0 Å². The van der Waals surface area contributed by atoms with Gasteiger partial charge in [-0.3, -0.25) is 9.35 Å². The Kier molecular flexibility index (Phi) is 22.6. The van der Waals surface area contributed by atoms with Gasteiger partial charge in [0.15, 0.2) is 0 Å². The highest BCUT2D eigenvalue weighted by atomic mass is 32.3. The molecule has 0 fully saturated rings. The van der Waals surface area contributed by atoms with E-state index < -0.39 is 23.0 Å². The van der Waals surface area contributed by atoms with Gasteiger partial charge < -0.3 is 4.74 Å². The largest absolute Gasteiger partial charge is 0.435 e. The molecular weight excluding hydrogens is 428 g/mol. The summed E-state index contributed by atoms with van der Waals surface area (Å²) in [4.78, 5) is 11.3. The minimum atomic E-state index is -4.50. The van der Waals surface area contributed by atoms with Crippen molar-refractivity contribution in [1.29, 1.82) is 0 Å². The first-order valence-electron chi connectivity index (χ1n) is 12.9. The molecule has 0 aromatic rings. The third-order valence-corrected chi connectivity index (χ3v) is 6.02. The van der Waals surface area contributed by atoms with Crippen molar-refractivity contribution in [2.24, 2.45) is 0 Å². The Hall–Kier alpha value is -0.920. The molecule has 7 heteroatoms. The molecule has 0 unspecified atom stereocenters. The smallest absolute Gasteiger partial charge is 0.397 e. The highest BCUT2D eigenvalue weighted by molar-refractivity contribution is 7.80. The van der Waals surface area contributed by atoms with Gasteiger partial charge in [-0.25, -0.2) is 4.18 Å². The third kappa shape index (κ3) is 27.1. The van der Waals surface area contributed by atoms with Crippen molar-refractivity contribution in [2.45, 2.75) is 135 Å². The van der Waals surface area contributed by atoms with E-state index in [0.29, 0.717) is 0 Å². The first-order chi connectivity index (χ1) is 15.5. The van der Waals surface area contributed by atoms with Crippen LogP contribution in [0.25, 0.3) is 0 Å². The Morgan fingerprint density at radius 1 is 0.719 bits per heavy atom. The Bertz CT molecular complexity index is 545. The lowest BCUT2D eigenvalue weighted by atomic mass is 10.0. The SMILES string of the molecule is CCCCCCCCCCCCCCCCCCCCC=COC(=O)CCOS(=O)(=O)O. The number of carbonyl (C=O) groups excluding carboxylic acids is 1. The zero-order valence-electron chi connectivity index (χ0n) is 20.4. The lowest BCUT2D eigenvalue weighted by molar-refractivity contribution is -0.138. The van der Waals surface area contributed by atoms with Gasteiger partial charge in [0.1, 0.15) is 0 Å². The molecule has 0 aromatic carbocycles. The zero-order chi connectivity index (χ0) is 23.8. The Morgan fingerprint density at radius 3 is 1.53 bits per heavy atom. The van der Waals surface area contributed by atoms with Crippen molar-refractivity contribution in [3.05, 3.63) is 12.3 Å². The van der Waals surface area contributed by atoms with Crippen LogP contribution in [0.4, 0.5) is 0 Å². The van der Waals surface area contributed by atoms with Crippen LogP contribution in [0.15, 0.2) is 12.3 Å². The van der Waals surface area contributed by atoms with E-state index in [1.54, 1.807) is 6.08 Å². The van der Waals surface area contributed by atoms with E-state index in [-0.39, 0.29) is 6.42 Å². The van der Waals surface area contributed by atoms with Gasteiger partial charge in [0.25, 0.3) is 0 Å². The van der Waals surface area contributed by atoms with E-state index in [0.717, 1.165) is 12.8 Å². The summed E-state index contributed by atoms with van der Waals surface area (Å²) >= 11 is 0. The van der Waals surface area contributed by atoms with Crippen LogP contribution >= 0.6 is 0 Å². The van der Waals surface area contributed by atoms with Gasteiger partial charge in [0.2, 0.25) is 0 Å². The van der Waals surface area contributed by atoms with Crippen molar-refractivity contribution in [3.63, 3.8) is 0 Å². The monoisotopic (exact) mass is 476 g/mol. The molecule has 0 heterocycles. The van der Waals surface area contributed by atoms with Gasteiger partial charge in [-0.15, -0.1) is 0 Å². The molecule has 0 spiro atoms. The molecule has 0 saturated carbocycles. The average molecular weight is 477 g/mol. The predicted octanol–water partition coefficient (Wildman–Crippen LogP) is 7.68. The summed E-state index contributed by atoms with van der Waals surface area (Å²) in [5, 5.41) is 0. The van der Waals surface area contributed by atoms with Gasteiger partial charge in [0, 0.05) is 0 Å². The van der Waals surface area contributed by atoms with Crippen molar-refractivity contribution < 1.29 is 26.7 Å². The number of esters is 1. The molecular formula is C25H48O6S. The predicted molar refractivity (Wildman–Crippen MR) is 131 cm³/mol. The fourth-order valence-corrected chi connectivity index (χ4v) is 3.94. The number of allylic oxidation sites excluding steroid dienone is 1. The molecule has 0 radical (unpaired) electrons. The number of carbonyl (C=O) groups is 1. The third-order valence-electron chi connectivity index (χ3n) is 5.56. The van der Waals surface area contributed by atoms with E-state index in [2.05, 4.69) is 11.1 Å². The molecule has 32 heavy (non-hydrogen) atoms. The second kappa shape index (κ2) is 23.2. The molecule has 0 aromatic heterocycles. The van der Waals surface area contributed by atoms with E-state index >= 15 is 0 Å². The van der Waals surface area contributed by atoms with Crippen LogP contribution in [0.1, 0.15) is 135 Å². The first kappa shape index (κ1) is 31.1. The minimum absolute atomic E-state index is 0.233. The number of ether oxygens (including phenoxy) is 1. The highest BCUT2D eigenvalue weighted by Gasteiger charge is 2.07. The van der Waals surface area contributed by atoms with Gasteiger partial charge in [0.05, 0.1) is 19.3 Å². The molecule has 0 rings (SSSR count). The van der Waals surface area contributed by atoms with Gasteiger partial charge in [-0.05, 0) is 18.9 Å². The molecule has 0 amide bonds. The topological polar surface area (TPSA) is 89.9 Å². The lowest BCUT2D eigenvalue weighted by Crippen LogP contribution is -2.09. The Morgan fingerprint density at radius 2 is 1.12 bits per heavy atom. The zero-order valence-corrected chi connectivity index (χ0v) is 21.2. The first-order valence-corrected chi connectivity index (χ1v) is 14.3.